The third-order valence-electron chi connectivity index (χ3n) is 0. The average Bonchev–Trinajstić information content (AvgIpc) is 0.811. The maximum absolute atomic E-state index is 8.42. The van der Waals surface area contributed by atoms with Gasteiger partial charge in [0.1, 0.15) is 0 Å². The molecule has 0 atom stereocenters. The fourth-order valence-corrected chi connectivity index (χ4v) is 0. The van der Waals surface area contributed by atoms with Gasteiger partial charge in [0, 0.05) is 0 Å². The van der Waals surface area contributed by atoms with Crippen LogP contribution in [-0.2, 0) is 0 Å². The largest absolute Gasteiger partial charge is 1.00 e. The van der Waals surface area contributed by atoms with Gasteiger partial charge in [-0.3, -0.25) is 7.32 Å². The van der Waals surface area contributed by atoms with E-state index in [9.17, 15) is 0 Å². The molecule has 0 aliphatic heterocycles. The normalized spacial score (nSPS) is 2.45. The molecule has 0 fully saturated rings. The first kappa shape index (κ1) is 67.3. The average molecular weight is 200 g/mol. The first-order chi connectivity index (χ1) is 1.73. The van der Waals surface area contributed by atoms with E-state index in [4.69, 9.17) is 15.1 Å². The Bertz CT molecular complexity index is 18.4. The van der Waals surface area contributed by atoms with E-state index in [1.807, 2.05) is 0 Å². The molecule has 0 rings (SSSR count). The van der Waals surface area contributed by atoms with Gasteiger partial charge in [-0.25, -0.2) is 0 Å². The van der Waals surface area contributed by atoms with E-state index in [2.05, 4.69) is 0 Å². The molecule has 11 heteroatoms. The minimum absolute atomic E-state index is 0. The molecular weight excluding hydrogens is 192 g/mol. The summed E-state index contributed by atoms with van der Waals surface area (Å²) < 4.78 is 0. The van der Waals surface area contributed by atoms with E-state index in [1.54, 1.807) is 0 Å². The first-order valence-corrected chi connectivity index (χ1v) is 0.707. The molecule has 0 unspecified atom stereocenters. The molecule has 0 aromatic rings. The maximum Gasteiger partial charge on any atom is 1.00 e. The van der Waals surface area contributed by atoms with Gasteiger partial charge in [-0.1, -0.05) is 0 Å². The van der Waals surface area contributed by atoms with E-state index in [0.29, 0.717) is 0 Å². The maximum atomic E-state index is 8.42. The molecule has 56 valence electrons. The van der Waals surface area contributed by atoms with Gasteiger partial charge in [0.15, 0.2) is 0 Å². The van der Waals surface area contributed by atoms with E-state index < -0.39 is 7.32 Å². The summed E-state index contributed by atoms with van der Waals surface area (Å²) in [5.41, 5.74) is 0. The minimum Gasteiger partial charge on any atom is -0.907 e. The zero-order valence-electron chi connectivity index (χ0n) is 6.80. The third-order valence-corrected chi connectivity index (χ3v) is 0. The summed E-state index contributed by atoms with van der Waals surface area (Å²) in [5, 5.41) is 25.2. The van der Waals surface area contributed by atoms with Crippen LogP contribution in [0.2, 0.25) is 0 Å². The van der Waals surface area contributed by atoms with Gasteiger partial charge in [0.2, 0.25) is 0 Å². The van der Waals surface area contributed by atoms with Crippen LogP contribution in [0.25, 0.3) is 0 Å². The molecule has 0 spiro atoms. The van der Waals surface area contributed by atoms with Crippen LogP contribution in [0, 0.1) is 0 Å². The van der Waals surface area contributed by atoms with Crippen molar-refractivity contribution in [3.05, 3.63) is 0 Å². The Morgan fingerprint density at radius 3 is 0.545 bits per heavy atom. The van der Waals surface area contributed by atoms with Gasteiger partial charge in [-0.2, -0.15) is 0 Å². The number of hydrogen-bond donors (Lipinski definition) is 0. The Hall–Kier alpha value is 2.78. The summed E-state index contributed by atoms with van der Waals surface area (Å²) in [5.74, 6) is 0. The van der Waals surface area contributed by atoms with Gasteiger partial charge < -0.3 is 37.0 Å². The van der Waals surface area contributed by atoms with E-state index in [-0.39, 0.29) is 111 Å². The molecule has 0 aromatic carbocycles. The molecule has 8 N–H and O–H groups in total. The molecule has 0 saturated heterocycles. The predicted molar refractivity (Wildman–Crippen MR) is 20.2 cm³/mol. The minimum atomic E-state index is -2.92. The molecule has 0 heterocycles. The Morgan fingerprint density at radius 2 is 0.545 bits per heavy atom. The van der Waals surface area contributed by atoms with Crippen molar-refractivity contribution in [3.63, 3.8) is 0 Å². The van der Waals surface area contributed by atoms with E-state index in [1.165, 1.54) is 0 Å². The molecule has 0 amide bonds. The fraction of sp³-hybridized carbons (Fsp3) is 0. The molecule has 0 saturated carbocycles. The summed E-state index contributed by atoms with van der Waals surface area (Å²) >= 11 is 0. The van der Waals surface area contributed by atoms with Crippen LogP contribution in [0.1, 0.15) is 0 Å². The zero-order chi connectivity index (χ0) is 3.58. The molecular formula is H8BNa3O7. The smallest absolute Gasteiger partial charge is 0.907 e. The molecule has 0 bridgehead atoms. The van der Waals surface area contributed by atoms with Gasteiger partial charge in [0.25, 0.3) is 0 Å². The van der Waals surface area contributed by atoms with E-state index >= 15 is 0 Å². The number of rotatable bonds is 0. The van der Waals surface area contributed by atoms with Crippen LogP contribution in [0.4, 0.5) is 0 Å². The van der Waals surface area contributed by atoms with Crippen molar-refractivity contribution < 1.29 is 126 Å². The Kier molecular flexibility index (Phi) is 325. The predicted octanol–water partition coefficient (Wildman–Crippen LogP) is -16.2. The summed E-state index contributed by atoms with van der Waals surface area (Å²) in [6.45, 7) is 0. The van der Waals surface area contributed by atoms with Crippen LogP contribution >= 0.6 is 0 Å². The Labute approximate surface area is 131 Å². The van der Waals surface area contributed by atoms with Gasteiger partial charge >= 0.3 is 88.7 Å². The van der Waals surface area contributed by atoms with E-state index in [0.717, 1.165) is 0 Å². The van der Waals surface area contributed by atoms with Crippen molar-refractivity contribution in [1.82, 2.24) is 0 Å². The van der Waals surface area contributed by atoms with Gasteiger partial charge in [-0.05, 0) is 0 Å². The van der Waals surface area contributed by atoms with Crippen LogP contribution in [0.3, 0.4) is 0 Å². The molecule has 0 aromatic heterocycles. The third kappa shape index (κ3) is 192. The quantitative estimate of drug-likeness (QED) is 0.350. The molecule has 0 radical (unpaired) electrons. The summed E-state index contributed by atoms with van der Waals surface area (Å²) in [4.78, 5) is 0. The van der Waals surface area contributed by atoms with Crippen molar-refractivity contribution >= 4 is 7.32 Å². The summed E-state index contributed by atoms with van der Waals surface area (Å²) in [6, 6.07) is 0. The second-order valence-electron chi connectivity index (χ2n) is 0.289. The Balaban J connectivity index is -0.00000000214. The second kappa shape index (κ2) is 53.1. The summed E-state index contributed by atoms with van der Waals surface area (Å²) in [7, 11) is -2.92. The second-order valence-corrected chi connectivity index (χ2v) is 0.289. The SMILES string of the molecule is O.O.O.O.[Na+].[Na+].[Na+].[O-]B([O-])[O-]. The van der Waals surface area contributed by atoms with Crippen LogP contribution in [0.15, 0.2) is 0 Å². The van der Waals surface area contributed by atoms with Crippen molar-refractivity contribution in [2.24, 2.45) is 0 Å². The van der Waals surface area contributed by atoms with Crippen molar-refractivity contribution in [2.75, 3.05) is 0 Å². The van der Waals surface area contributed by atoms with Crippen LogP contribution in [0.5, 0.6) is 0 Å². The Morgan fingerprint density at radius 1 is 0.545 bits per heavy atom. The van der Waals surface area contributed by atoms with Crippen molar-refractivity contribution in [2.45, 2.75) is 0 Å². The van der Waals surface area contributed by atoms with Crippen LogP contribution < -0.4 is 104 Å². The van der Waals surface area contributed by atoms with Crippen LogP contribution in [-0.4, -0.2) is 29.2 Å². The van der Waals surface area contributed by atoms with Crippen molar-refractivity contribution in [3.8, 4) is 0 Å². The molecule has 0 aliphatic rings. The van der Waals surface area contributed by atoms with Crippen molar-refractivity contribution in [1.29, 1.82) is 0 Å². The van der Waals surface area contributed by atoms with Gasteiger partial charge in [0.05, 0.1) is 0 Å². The first-order valence-electron chi connectivity index (χ1n) is 0.707. The summed E-state index contributed by atoms with van der Waals surface area (Å²) in [6.07, 6.45) is 0. The standard InChI is InChI=1S/BO3.3Na.4H2O/c2-1(3)4;;;;;;;/h;;;;4*1H2/q-3;3*+1;;;;. The molecule has 0 aliphatic carbocycles. The fourth-order valence-electron chi connectivity index (χ4n) is 0. The molecule has 7 nitrogen and oxygen atoms in total. The monoisotopic (exact) mass is 200 g/mol. The topological polar surface area (TPSA) is 195 Å². The van der Waals surface area contributed by atoms with Gasteiger partial charge in [-0.15, -0.1) is 0 Å². The number of hydrogen-bond acceptors (Lipinski definition) is 3. The molecule has 11 heavy (non-hydrogen) atoms. The zero-order valence-corrected chi connectivity index (χ0v) is 12.8.